The largest absolute Gasteiger partial charge is 0.496 e. The lowest BCUT2D eigenvalue weighted by Gasteiger charge is -2.33. The number of halogens is 2. The third kappa shape index (κ3) is 15.8. The van der Waals surface area contributed by atoms with Crippen LogP contribution in [0.4, 0.5) is 36.0 Å². The Balaban J connectivity index is 0.000000293. The highest BCUT2D eigenvalue weighted by atomic mass is 32.2. The van der Waals surface area contributed by atoms with Crippen LogP contribution in [-0.2, 0) is 20.3 Å². The van der Waals surface area contributed by atoms with E-state index in [1.165, 1.54) is 57.0 Å². The summed E-state index contributed by atoms with van der Waals surface area (Å²) in [6.07, 6.45) is 6.34. The average molecular weight is 971 g/mol. The molecule has 1 unspecified atom stereocenters. The van der Waals surface area contributed by atoms with Crippen molar-refractivity contribution in [2.24, 2.45) is 5.73 Å². The highest BCUT2D eigenvalue weighted by Gasteiger charge is 2.29. The third-order valence-corrected chi connectivity index (χ3v) is 10.6. The first-order chi connectivity index (χ1) is 31.4. The number of likely N-dealkylation sites (tertiary alicyclic amines) is 2. The van der Waals surface area contributed by atoms with E-state index in [2.05, 4.69) is 25.3 Å². The number of hydrogen-bond donors (Lipinski definition) is 4. The average Bonchev–Trinajstić information content (AvgIpc) is 3.25. The predicted octanol–water partition coefficient (Wildman–Crippen LogP) is 6.40. The standard InChI is InChI=1S/C22H28FN5O4.C13H12FN3O3S.C10H20N2O2.CH4/c1-22(2,3)32-21(30)28-10-8-13(9-11-28)26-20-25-12-14(19(24)27-20)18(29)17-15(23)6-5-7-16(17)31-4;1-20-9-5-3-4-8(14)10(9)11(18)7-6-16-13(21(2)19)17-12(7)15;1-10(2,3)14-9(13)12-6-4-8(11)5-7-12;/h5-7,12-13H,8-11H2,1-4H3,(H3,24,25,26,27);3-6H,1-2H3,(H2,15,16,17);8H,4-7,11H2,1-3H3;1H4. The molecule has 7 N–H and O–H groups in total. The summed E-state index contributed by atoms with van der Waals surface area (Å²) in [4.78, 5) is 68.3. The summed E-state index contributed by atoms with van der Waals surface area (Å²) in [5.41, 5.74) is 15.9. The van der Waals surface area contributed by atoms with Crippen LogP contribution >= 0.6 is 0 Å². The van der Waals surface area contributed by atoms with Crippen molar-refractivity contribution in [3.8, 4) is 11.5 Å². The molecule has 1 atom stereocenters. The van der Waals surface area contributed by atoms with Crippen LogP contribution in [0.15, 0.2) is 53.9 Å². The molecule has 2 aliphatic heterocycles. The van der Waals surface area contributed by atoms with E-state index >= 15 is 0 Å². The quantitative estimate of drug-likeness (QED) is 0.104. The zero-order chi connectivity index (χ0) is 49.8. The molecule has 4 aromatic rings. The second-order valence-corrected chi connectivity index (χ2v) is 18.7. The molecule has 68 heavy (non-hydrogen) atoms. The summed E-state index contributed by atoms with van der Waals surface area (Å²) < 4.78 is 60.1. The van der Waals surface area contributed by atoms with Crippen LogP contribution in [-0.4, -0.2) is 128 Å². The van der Waals surface area contributed by atoms with E-state index in [1.54, 1.807) is 9.80 Å². The second kappa shape index (κ2) is 24.5. The van der Waals surface area contributed by atoms with E-state index in [4.69, 9.17) is 36.1 Å². The molecule has 0 bridgehead atoms. The number of rotatable bonds is 9. The molecular weight excluding hydrogens is 907 g/mol. The molecule has 4 heterocycles. The number of piperidine rings is 2. The minimum Gasteiger partial charge on any atom is -0.496 e. The highest BCUT2D eigenvalue weighted by Crippen LogP contribution is 2.28. The number of methoxy groups -OCH3 is 2. The molecule has 0 saturated carbocycles. The summed E-state index contributed by atoms with van der Waals surface area (Å²) >= 11 is 0. The fraction of sp³-hybridized carbons (Fsp3) is 0.478. The third-order valence-electron chi connectivity index (χ3n) is 9.88. The SMILES string of the molecule is C.CC(C)(C)OC(=O)N1CCC(N)CC1.COc1cccc(F)c1C(=O)c1cnc(NC2CCN(C(=O)OC(C)(C)C)CC2)nc1N.COc1cccc(F)c1C(=O)c1cnc(S(C)=O)nc1N. The molecule has 0 aliphatic carbocycles. The van der Waals surface area contributed by atoms with Crippen LogP contribution in [0, 0.1) is 11.6 Å². The van der Waals surface area contributed by atoms with Crippen molar-refractivity contribution in [2.75, 3.05) is 63.4 Å². The van der Waals surface area contributed by atoms with Crippen molar-refractivity contribution in [1.82, 2.24) is 29.7 Å². The lowest BCUT2D eigenvalue weighted by atomic mass is 10.0. The van der Waals surface area contributed by atoms with Gasteiger partial charge >= 0.3 is 12.2 Å². The number of ether oxygens (including phenoxy) is 4. The van der Waals surface area contributed by atoms with Crippen LogP contribution in [0.5, 0.6) is 11.5 Å². The van der Waals surface area contributed by atoms with Gasteiger partial charge in [0.25, 0.3) is 0 Å². The van der Waals surface area contributed by atoms with Crippen molar-refractivity contribution in [1.29, 1.82) is 0 Å². The molecule has 19 nitrogen and oxygen atoms in total. The zero-order valence-electron chi connectivity index (χ0n) is 39.2. The maximum absolute atomic E-state index is 14.2. The van der Waals surface area contributed by atoms with Gasteiger partial charge in [-0.3, -0.25) is 13.8 Å². The predicted molar refractivity (Wildman–Crippen MR) is 254 cm³/mol. The number of nitrogens with one attached hydrogen (secondary N) is 1. The molecule has 6 rings (SSSR count). The Labute approximate surface area is 398 Å². The second-order valence-electron chi connectivity index (χ2n) is 17.4. The molecule has 2 aromatic carbocycles. The van der Waals surface area contributed by atoms with Crippen LogP contribution < -0.4 is 32.0 Å². The maximum atomic E-state index is 14.2. The minimum absolute atomic E-state index is 0. The Morgan fingerprint density at radius 1 is 0.706 bits per heavy atom. The number of ketones is 2. The van der Waals surface area contributed by atoms with E-state index in [0.29, 0.717) is 25.9 Å². The summed E-state index contributed by atoms with van der Waals surface area (Å²) in [6.45, 7) is 13.6. The van der Waals surface area contributed by atoms with Gasteiger partial charge in [-0.05, 0) is 91.5 Å². The number of nitrogens with two attached hydrogens (primary N) is 3. The van der Waals surface area contributed by atoms with Crippen LogP contribution in [0.3, 0.4) is 0 Å². The number of benzene rings is 2. The Morgan fingerprint density at radius 2 is 1.12 bits per heavy atom. The summed E-state index contributed by atoms with van der Waals surface area (Å²) in [5, 5.41) is 3.18. The molecule has 22 heteroatoms. The first kappa shape index (κ1) is 55.8. The van der Waals surface area contributed by atoms with E-state index in [9.17, 15) is 32.2 Å². The van der Waals surface area contributed by atoms with Crippen molar-refractivity contribution in [3.63, 3.8) is 0 Å². The van der Waals surface area contributed by atoms with Gasteiger partial charge in [-0.1, -0.05) is 19.6 Å². The van der Waals surface area contributed by atoms with Gasteiger partial charge in [-0.15, -0.1) is 0 Å². The van der Waals surface area contributed by atoms with E-state index in [1.807, 2.05) is 41.5 Å². The van der Waals surface area contributed by atoms with E-state index in [0.717, 1.165) is 38.2 Å². The van der Waals surface area contributed by atoms with Crippen LogP contribution in [0.25, 0.3) is 0 Å². The first-order valence-corrected chi connectivity index (χ1v) is 22.8. The van der Waals surface area contributed by atoms with E-state index in [-0.39, 0.29) is 88.2 Å². The van der Waals surface area contributed by atoms with Crippen molar-refractivity contribution < 1.29 is 51.1 Å². The number of nitrogen functional groups attached to an aromatic ring is 2. The molecule has 2 saturated heterocycles. The van der Waals surface area contributed by atoms with Gasteiger partial charge in [0.1, 0.15) is 57.1 Å². The molecule has 0 spiro atoms. The van der Waals surface area contributed by atoms with Gasteiger partial charge in [0.05, 0.1) is 36.1 Å². The van der Waals surface area contributed by atoms with Crippen LogP contribution in [0.2, 0.25) is 0 Å². The van der Waals surface area contributed by atoms with Crippen molar-refractivity contribution in [3.05, 3.63) is 82.7 Å². The molecule has 0 radical (unpaired) electrons. The summed E-state index contributed by atoms with van der Waals surface area (Å²) in [7, 11) is 1.25. The molecule has 2 aliphatic rings. The summed E-state index contributed by atoms with van der Waals surface area (Å²) in [5.74, 6) is -2.58. The fourth-order valence-corrected chi connectivity index (χ4v) is 6.94. The van der Waals surface area contributed by atoms with Crippen molar-refractivity contribution >= 4 is 52.1 Å². The number of hydrogen-bond acceptors (Lipinski definition) is 17. The number of carbonyl (C=O) groups is 4. The number of aromatic nitrogens is 4. The van der Waals surface area contributed by atoms with Gasteiger partial charge < -0.3 is 51.3 Å². The highest BCUT2D eigenvalue weighted by molar-refractivity contribution is 7.84. The Bertz CT molecular complexity index is 2420. The van der Waals surface area contributed by atoms with Gasteiger partial charge in [0.15, 0.2) is 0 Å². The Kier molecular flexibility index (Phi) is 20.1. The van der Waals surface area contributed by atoms with Crippen molar-refractivity contribution in [2.45, 2.75) is 103 Å². The fourth-order valence-electron chi connectivity index (χ4n) is 6.51. The van der Waals surface area contributed by atoms with Gasteiger partial charge in [-0.25, -0.2) is 33.3 Å². The molecular formula is C46H64F2N10O9S. The Hall–Kier alpha value is -6.55. The number of nitrogens with zero attached hydrogens (tertiary/aromatic N) is 6. The zero-order valence-corrected chi connectivity index (χ0v) is 40.0. The monoisotopic (exact) mass is 970 g/mol. The van der Waals surface area contributed by atoms with E-state index < -0.39 is 45.2 Å². The molecule has 2 amide bonds. The topological polar surface area (TPSA) is 270 Å². The normalized spacial score (nSPS) is 14.6. The van der Waals surface area contributed by atoms with Gasteiger partial charge in [-0.2, -0.15) is 4.98 Å². The summed E-state index contributed by atoms with van der Waals surface area (Å²) in [6, 6.07) is 8.42. The minimum atomic E-state index is -1.43. The smallest absolute Gasteiger partial charge is 0.410 e. The lowest BCUT2D eigenvalue weighted by molar-refractivity contribution is 0.0197. The molecule has 2 aromatic heterocycles. The first-order valence-electron chi connectivity index (χ1n) is 21.2. The maximum Gasteiger partial charge on any atom is 0.410 e. The van der Waals surface area contributed by atoms with Gasteiger partial charge in [0, 0.05) is 56.9 Å². The molecule has 2 fully saturated rings. The Morgan fingerprint density at radius 3 is 1.50 bits per heavy atom. The lowest BCUT2D eigenvalue weighted by Crippen LogP contribution is -2.44. The molecule has 372 valence electrons. The number of anilines is 3. The number of carbonyl (C=O) groups excluding carboxylic acids is 4. The number of amides is 2. The van der Waals surface area contributed by atoms with Gasteiger partial charge in [0.2, 0.25) is 22.7 Å². The van der Waals surface area contributed by atoms with Crippen LogP contribution in [0.1, 0.15) is 106 Å².